The van der Waals surface area contributed by atoms with Gasteiger partial charge in [-0.25, -0.2) is 0 Å². The second-order valence-corrected chi connectivity index (χ2v) is 4.71. The van der Waals surface area contributed by atoms with Gasteiger partial charge < -0.3 is 10.5 Å². The highest BCUT2D eigenvalue weighted by Crippen LogP contribution is 2.16. The van der Waals surface area contributed by atoms with Gasteiger partial charge in [0.15, 0.2) is 0 Å². The molecule has 2 nitrogen and oxygen atoms in total. The summed E-state index contributed by atoms with van der Waals surface area (Å²) >= 11 is 5.86. The summed E-state index contributed by atoms with van der Waals surface area (Å²) < 4.78 is 5.34. The second kappa shape index (κ2) is 8.51. The fourth-order valence-electron chi connectivity index (χ4n) is 1.88. The van der Waals surface area contributed by atoms with Crippen LogP contribution in [-0.4, -0.2) is 19.8 Å². The Hall–Kier alpha value is -0.570. The minimum absolute atomic E-state index is 0.539. The van der Waals surface area contributed by atoms with E-state index in [0.717, 1.165) is 44.0 Å². The first-order chi connectivity index (χ1) is 8.26. The Morgan fingerprint density at radius 3 is 2.59 bits per heavy atom. The van der Waals surface area contributed by atoms with Gasteiger partial charge in [0, 0.05) is 18.2 Å². The molecule has 0 radical (unpaired) electrons. The van der Waals surface area contributed by atoms with Crippen molar-refractivity contribution in [1.82, 2.24) is 0 Å². The average molecular weight is 256 g/mol. The van der Waals surface area contributed by atoms with Crippen molar-refractivity contribution in [2.24, 2.45) is 11.7 Å². The molecular formula is C14H22ClNO. The molecule has 0 spiro atoms. The van der Waals surface area contributed by atoms with Crippen molar-refractivity contribution in [2.75, 3.05) is 19.8 Å². The Morgan fingerprint density at radius 2 is 2.00 bits per heavy atom. The number of hydrogen-bond donors (Lipinski definition) is 1. The molecular weight excluding hydrogens is 234 g/mol. The van der Waals surface area contributed by atoms with E-state index in [1.54, 1.807) is 0 Å². The number of rotatable bonds is 8. The molecule has 0 fully saturated rings. The molecule has 0 aliphatic carbocycles. The van der Waals surface area contributed by atoms with E-state index >= 15 is 0 Å². The molecule has 2 N–H and O–H groups in total. The van der Waals surface area contributed by atoms with Crippen LogP contribution in [0, 0.1) is 5.92 Å². The van der Waals surface area contributed by atoms with Gasteiger partial charge in [0.2, 0.25) is 0 Å². The minimum Gasteiger partial charge on any atom is -0.382 e. The highest BCUT2D eigenvalue weighted by atomic mass is 35.5. The Morgan fingerprint density at radius 1 is 1.29 bits per heavy atom. The van der Waals surface area contributed by atoms with Crippen LogP contribution in [0.15, 0.2) is 24.3 Å². The topological polar surface area (TPSA) is 35.2 Å². The molecule has 0 bridgehead atoms. The summed E-state index contributed by atoms with van der Waals surface area (Å²) in [4.78, 5) is 0. The summed E-state index contributed by atoms with van der Waals surface area (Å²) in [5.74, 6) is 0.539. The lowest BCUT2D eigenvalue weighted by Gasteiger charge is -2.14. The summed E-state index contributed by atoms with van der Waals surface area (Å²) in [5.41, 5.74) is 7.11. The molecule has 1 rings (SSSR count). The maximum absolute atomic E-state index is 5.86. The molecule has 0 aromatic heterocycles. The molecule has 1 aromatic carbocycles. The van der Waals surface area contributed by atoms with Gasteiger partial charge in [-0.3, -0.25) is 0 Å². The van der Waals surface area contributed by atoms with E-state index in [4.69, 9.17) is 22.1 Å². The van der Waals surface area contributed by atoms with E-state index in [1.165, 1.54) is 5.56 Å². The maximum Gasteiger partial charge on any atom is 0.0466 e. The first kappa shape index (κ1) is 14.5. The van der Waals surface area contributed by atoms with Gasteiger partial charge in [0.25, 0.3) is 0 Å². The third kappa shape index (κ3) is 6.06. The monoisotopic (exact) mass is 255 g/mol. The lowest BCUT2D eigenvalue weighted by molar-refractivity contribution is 0.139. The SMILES string of the molecule is CCOCCCC(CN)Cc1ccc(Cl)cc1. The van der Waals surface area contributed by atoms with Crippen molar-refractivity contribution < 1.29 is 4.74 Å². The molecule has 17 heavy (non-hydrogen) atoms. The van der Waals surface area contributed by atoms with Crippen molar-refractivity contribution in [2.45, 2.75) is 26.2 Å². The zero-order valence-corrected chi connectivity index (χ0v) is 11.2. The molecule has 3 heteroatoms. The van der Waals surface area contributed by atoms with Gasteiger partial charge in [-0.1, -0.05) is 23.7 Å². The summed E-state index contributed by atoms with van der Waals surface area (Å²) in [6, 6.07) is 8.02. The van der Waals surface area contributed by atoms with Gasteiger partial charge in [0.1, 0.15) is 0 Å². The number of hydrogen-bond acceptors (Lipinski definition) is 2. The zero-order valence-electron chi connectivity index (χ0n) is 10.5. The van der Waals surface area contributed by atoms with E-state index in [0.29, 0.717) is 5.92 Å². The standard InChI is InChI=1S/C14H22ClNO/c1-2-17-9-3-4-13(11-16)10-12-5-7-14(15)8-6-12/h5-8,13H,2-4,9-11,16H2,1H3. The first-order valence-electron chi connectivity index (χ1n) is 6.28. The highest BCUT2D eigenvalue weighted by molar-refractivity contribution is 6.30. The van der Waals surface area contributed by atoms with E-state index in [-0.39, 0.29) is 0 Å². The molecule has 0 aliphatic rings. The minimum atomic E-state index is 0.539. The molecule has 0 saturated carbocycles. The van der Waals surface area contributed by atoms with Crippen LogP contribution in [0.4, 0.5) is 0 Å². The normalized spacial score (nSPS) is 12.6. The van der Waals surface area contributed by atoms with Gasteiger partial charge in [0.05, 0.1) is 0 Å². The van der Waals surface area contributed by atoms with Crippen molar-refractivity contribution in [3.63, 3.8) is 0 Å². The Bertz CT molecular complexity index is 300. The fourth-order valence-corrected chi connectivity index (χ4v) is 2.00. The van der Waals surface area contributed by atoms with Gasteiger partial charge in [-0.15, -0.1) is 0 Å². The van der Waals surface area contributed by atoms with Gasteiger partial charge >= 0.3 is 0 Å². The highest BCUT2D eigenvalue weighted by Gasteiger charge is 2.07. The van der Waals surface area contributed by atoms with Crippen LogP contribution in [-0.2, 0) is 11.2 Å². The number of ether oxygens (including phenoxy) is 1. The predicted octanol–water partition coefficient (Wildman–Crippen LogP) is 3.27. The average Bonchev–Trinajstić information content (AvgIpc) is 2.35. The molecule has 0 amide bonds. The molecule has 0 heterocycles. The second-order valence-electron chi connectivity index (χ2n) is 4.27. The Kier molecular flexibility index (Phi) is 7.25. The van der Waals surface area contributed by atoms with Crippen LogP contribution >= 0.6 is 11.6 Å². The summed E-state index contributed by atoms with van der Waals surface area (Å²) in [7, 11) is 0. The van der Waals surface area contributed by atoms with E-state index in [2.05, 4.69) is 12.1 Å². The van der Waals surface area contributed by atoms with Crippen LogP contribution in [0.3, 0.4) is 0 Å². The van der Waals surface area contributed by atoms with E-state index in [9.17, 15) is 0 Å². The Balaban J connectivity index is 2.33. The van der Waals surface area contributed by atoms with Crippen LogP contribution in [0.5, 0.6) is 0 Å². The zero-order chi connectivity index (χ0) is 12.5. The van der Waals surface area contributed by atoms with Crippen molar-refractivity contribution in [3.8, 4) is 0 Å². The molecule has 1 atom stereocenters. The van der Waals surface area contributed by atoms with Gasteiger partial charge in [-0.2, -0.15) is 0 Å². The first-order valence-corrected chi connectivity index (χ1v) is 6.66. The lowest BCUT2D eigenvalue weighted by atomic mass is 9.95. The third-order valence-electron chi connectivity index (χ3n) is 2.88. The summed E-state index contributed by atoms with van der Waals surface area (Å²) in [5, 5.41) is 0.786. The third-order valence-corrected chi connectivity index (χ3v) is 3.13. The van der Waals surface area contributed by atoms with Crippen molar-refractivity contribution >= 4 is 11.6 Å². The van der Waals surface area contributed by atoms with E-state index < -0.39 is 0 Å². The van der Waals surface area contributed by atoms with Crippen LogP contribution in [0.2, 0.25) is 5.02 Å². The maximum atomic E-state index is 5.86. The molecule has 1 aromatic rings. The fraction of sp³-hybridized carbons (Fsp3) is 0.571. The van der Waals surface area contributed by atoms with Crippen LogP contribution < -0.4 is 5.73 Å². The molecule has 1 unspecified atom stereocenters. The number of nitrogens with two attached hydrogens (primary N) is 1. The van der Waals surface area contributed by atoms with Crippen LogP contribution in [0.25, 0.3) is 0 Å². The largest absolute Gasteiger partial charge is 0.382 e. The quantitative estimate of drug-likeness (QED) is 0.724. The Labute approximate surface area is 109 Å². The molecule has 0 aliphatic heterocycles. The van der Waals surface area contributed by atoms with Crippen LogP contribution in [0.1, 0.15) is 25.3 Å². The summed E-state index contributed by atoms with van der Waals surface area (Å²) in [6.45, 7) is 4.39. The molecule has 96 valence electrons. The summed E-state index contributed by atoms with van der Waals surface area (Å²) in [6.07, 6.45) is 3.24. The van der Waals surface area contributed by atoms with Crippen molar-refractivity contribution in [1.29, 1.82) is 0 Å². The smallest absolute Gasteiger partial charge is 0.0466 e. The predicted molar refractivity (Wildman–Crippen MR) is 73.4 cm³/mol. The number of benzene rings is 1. The van der Waals surface area contributed by atoms with E-state index in [1.807, 2.05) is 19.1 Å². The van der Waals surface area contributed by atoms with Gasteiger partial charge in [-0.05, 0) is 56.3 Å². The number of halogens is 1. The molecule has 0 saturated heterocycles. The lowest BCUT2D eigenvalue weighted by Crippen LogP contribution is -2.17. The van der Waals surface area contributed by atoms with Crippen molar-refractivity contribution in [3.05, 3.63) is 34.9 Å².